The van der Waals surface area contributed by atoms with Gasteiger partial charge in [0.05, 0.1) is 23.2 Å². The maximum absolute atomic E-state index is 13.0. The smallest absolute Gasteiger partial charge is 0.123 e. The van der Waals surface area contributed by atoms with Crippen LogP contribution in [0.5, 0.6) is 0 Å². The highest BCUT2D eigenvalue weighted by atomic mass is 19.1. The zero-order chi connectivity index (χ0) is 17.8. The second-order valence-corrected chi connectivity index (χ2v) is 5.50. The number of hydrogen-bond donors (Lipinski definition) is 0. The summed E-state index contributed by atoms with van der Waals surface area (Å²) in [7, 11) is 0. The molecule has 0 radical (unpaired) electrons. The second-order valence-electron chi connectivity index (χ2n) is 5.50. The van der Waals surface area contributed by atoms with Crippen LogP contribution >= 0.6 is 0 Å². The molecule has 4 aromatic rings. The van der Waals surface area contributed by atoms with Gasteiger partial charge in [0.1, 0.15) is 5.82 Å². The zero-order valence-electron chi connectivity index (χ0n) is 14.6. The van der Waals surface area contributed by atoms with Crippen LogP contribution in [0.3, 0.4) is 0 Å². The van der Waals surface area contributed by atoms with Crippen molar-refractivity contribution in [3.05, 3.63) is 78.6 Å². The highest BCUT2D eigenvalue weighted by Crippen LogP contribution is 2.23. The van der Waals surface area contributed by atoms with Crippen molar-refractivity contribution in [2.75, 3.05) is 0 Å². The second kappa shape index (κ2) is 7.26. The molecule has 0 spiro atoms. The van der Waals surface area contributed by atoms with Gasteiger partial charge in [-0.25, -0.2) is 14.4 Å². The van der Waals surface area contributed by atoms with E-state index in [-0.39, 0.29) is 5.82 Å². The van der Waals surface area contributed by atoms with E-state index < -0.39 is 0 Å². The van der Waals surface area contributed by atoms with Crippen molar-refractivity contribution < 1.29 is 4.39 Å². The minimum Gasteiger partial charge on any atom is -0.306 e. The third kappa shape index (κ3) is 3.58. The van der Waals surface area contributed by atoms with Crippen molar-refractivity contribution in [2.45, 2.75) is 20.8 Å². The standard InChI is InChI=1S/C19H14FN3.C2H6/c1-13-11-23(12-21-13)17-7-9-19-15(10-17)4-8-18(22-19)14-2-5-16(20)6-3-14;1-2/h2-12H,1H3;1-2H3. The Morgan fingerprint density at radius 3 is 2.36 bits per heavy atom. The zero-order valence-corrected chi connectivity index (χ0v) is 14.6. The molecule has 0 N–H and O–H groups in total. The third-order valence-corrected chi connectivity index (χ3v) is 3.82. The number of imidazole rings is 1. The summed E-state index contributed by atoms with van der Waals surface area (Å²) >= 11 is 0. The molecule has 0 unspecified atom stereocenters. The molecule has 126 valence electrons. The molecule has 2 heterocycles. The Kier molecular flexibility index (Phi) is 4.89. The molecule has 0 aliphatic carbocycles. The molecule has 0 aliphatic rings. The molecule has 4 rings (SSSR count). The molecule has 2 aromatic carbocycles. The van der Waals surface area contributed by atoms with E-state index in [1.807, 2.05) is 55.8 Å². The maximum atomic E-state index is 13.0. The van der Waals surface area contributed by atoms with E-state index in [2.05, 4.69) is 16.0 Å². The molecule has 2 aromatic heterocycles. The molecule has 0 bridgehead atoms. The van der Waals surface area contributed by atoms with Crippen molar-refractivity contribution in [2.24, 2.45) is 0 Å². The van der Waals surface area contributed by atoms with Crippen LogP contribution < -0.4 is 0 Å². The van der Waals surface area contributed by atoms with Crippen molar-refractivity contribution in [1.29, 1.82) is 0 Å². The number of hydrogen-bond acceptors (Lipinski definition) is 2. The fourth-order valence-corrected chi connectivity index (χ4v) is 2.62. The minimum absolute atomic E-state index is 0.241. The summed E-state index contributed by atoms with van der Waals surface area (Å²) in [6.07, 6.45) is 3.79. The van der Waals surface area contributed by atoms with Gasteiger partial charge in [-0.1, -0.05) is 19.9 Å². The van der Waals surface area contributed by atoms with E-state index in [4.69, 9.17) is 0 Å². The first-order chi connectivity index (χ1) is 12.2. The topological polar surface area (TPSA) is 30.7 Å². The Hall–Kier alpha value is -3.01. The van der Waals surface area contributed by atoms with Gasteiger partial charge >= 0.3 is 0 Å². The van der Waals surface area contributed by atoms with Crippen molar-refractivity contribution in [3.63, 3.8) is 0 Å². The summed E-state index contributed by atoms with van der Waals surface area (Å²) in [4.78, 5) is 8.92. The SMILES string of the molecule is CC.Cc1cn(-c2ccc3nc(-c4ccc(F)cc4)ccc3c2)cn1. The number of nitrogens with zero attached hydrogens (tertiary/aromatic N) is 3. The molecule has 3 nitrogen and oxygen atoms in total. The number of fused-ring (bicyclic) bond motifs is 1. The molecule has 0 aliphatic heterocycles. The average Bonchev–Trinajstić information content (AvgIpc) is 3.09. The highest BCUT2D eigenvalue weighted by Gasteiger charge is 2.04. The highest BCUT2D eigenvalue weighted by molar-refractivity contribution is 5.83. The Bertz CT molecular complexity index is 988. The van der Waals surface area contributed by atoms with Gasteiger partial charge in [-0.2, -0.15) is 0 Å². The van der Waals surface area contributed by atoms with E-state index in [1.165, 1.54) is 12.1 Å². The minimum atomic E-state index is -0.241. The van der Waals surface area contributed by atoms with Crippen LogP contribution in [0, 0.1) is 12.7 Å². The van der Waals surface area contributed by atoms with E-state index in [0.717, 1.165) is 33.5 Å². The molecular formula is C21H20FN3. The summed E-state index contributed by atoms with van der Waals surface area (Å²) in [6.45, 7) is 5.97. The quantitative estimate of drug-likeness (QED) is 0.481. The van der Waals surface area contributed by atoms with Crippen LogP contribution in [0.25, 0.3) is 27.8 Å². The lowest BCUT2D eigenvalue weighted by molar-refractivity contribution is 0.628. The lowest BCUT2D eigenvalue weighted by atomic mass is 10.1. The normalized spacial score (nSPS) is 10.4. The maximum Gasteiger partial charge on any atom is 0.123 e. The predicted molar refractivity (Wildman–Crippen MR) is 100 cm³/mol. The molecule has 0 atom stereocenters. The van der Waals surface area contributed by atoms with Crippen molar-refractivity contribution in [3.8, 4) is 16.9 Å². The molecule has 0 saturated heterocycles. The monoisotopic (exact) mass is 333 g/mol. The summed E-state index contributed by atoms with van der Waals surface area (Å²) in [6, 6.07) is 16.5. The Morgan fingerprint density at radius 2 is 1.68 bits per heavy atom. The number of aryl methyl sites for hydroxylation is 1. The van der Waals surface area contributed by atoms with Gasteiger partial charge in [-0.05, 0) is 55.5 Å². The first-order valence-electron chi connectivity index (χ1n) is 8.37. The summed E-state index contributed by atoms with van der Waals surface area (Å²) in [5.74, 6) is -0.241. The number of benzene rings is 2. The fraction of sp³-hybridized carbons (Fsp3) is 0.143. The Balaban J connectivity index is 0.000000880. The first-order valence-corrected chi connectivity index (χ1v) is 8.37. The molecule has 25 heavy (non-hydrogen) atoms. The van der Waals surface area contributed by atoms with Gasteiger partial charge in [0.25, 0.3) is 0 Å². The van der Waals surface area contributed by atoms with Gasteiger partial charge in [-0.15, -0.1) is 0 Å². The van der Waals surface area contributed by atoms with E-state index in [1.54, 1.807) is 18.5 Å². The van der Waals surface area contributed by atoms with Gasteiger partial charge in [0.2, 0.25) is 0 Å². The first kappa shape index (κ1) is 16.8. The van der Waals surface area contributed by atoms with Crippen LogP contribution in [0.4, 0.5) is 4.39 Å². The molecule has 0 fully saturated rings. The van der Waals surface area contributed by atoms with Crippen molar-refractivity contribution >= 4 is 10.9 Å². The number of halogens is 1. The fourth-order valence-electron chi connectivity index (χ4n) is 2.62. The molecular weight excluding hydrogens is 313 g/mol. The van der Waals surface area contributed by atoms with Crippen LogP contribution in [-0.4, -0.2) is 14.5 Å². The van der Waals surface area contributed by atoms with Crippen LogP contribution in [0.15, 0.2) is 67.1 Å². The van der Waals surface area contributed by atoms with E-state index >= 15 is 0 Å². The molecule has 0 saturated carbocycles. The van der Waals surface area contributed by atoms with Crippen LogP contribution in [0.2, 0.25) is 0 Å². The van der Waals surface area contributed by atoms with E-state index in [0.29, 0.717) is 0 Å². The van der Waals surface area contributed by atoms with Crippen LogP contribution in [-0.2, 0) is 0 Å². The van der Waals surface area contributed by atoms with Gasteiger partial charge in [-0.3, -0.25) is 0 Å². The summed E-state index contributed by atoms with van der Waals surface area (Å²) < 4.78 is 15.0. The lowest BCUT2D eigenvalue weighted by Crippen LogP contribution is -1.91. The number of pyridine rings is 1. The Labute approximate surface area is 146 Å². The predicted octanol–water partition coefficient (Wildman–Crippen LogP) is 5.56. The number of rotatable bonds is 2. The third-order valence-electron chi connectivity index (χ3n) is 3.82. The largest absolute Gasteiger partial charge is 0.306 e. The Morgan fingerprint density at radius 1 is 0.920 bits per heavy atom. The van der Waals surface area contributed by atoms with Crippen molar-refractivity contribution in [1.82, 2.24) is 14.5 Å². The molecule has 4 heteroatoms. The van der Waals surface area contributed by atoms with Gasteiger partial charge in [0, 0.05) is 22.8 Å². The average molecular weight is 333 g/mol. The molecule has 0 amide bonds. The summed E-state index contributed by atoms with van der Waals surface area (Å²) in [5, 5.41) is 1.06. The summed E-state index contributed by atoms with van der Waals surface area (Å²) in [5.41, 5.74) is 4.68. The number of aromatic nitrogens is 3. The lowest BCUT2D eigenvalue weighted by Gasteiger charge is -2.06. The van der Waals surface area contributed by atoms with Crippen LogP contribution in [0.1, 0.15) is 19.5 Å². The van der Waals surface area contributed by atoms with Gasteiger partial charge in [0.15, 0.2) is 0 Å². The van der Waals surface area contributed by atoms with Gasteiger partial charge < -0.3 is 4.57 Å². The van der Waals surface area contributed by atoms with E-state index in [9.17, 15) is 4.39 Å².